The molecule has 2 aromatic rings. The molecule has 1 amide bonds. The summed E-state index contributed by atoms with van der Waals surface area (Å²) in [5.41, 5.74) is 1.94. The number of Topliss-reactive ketones (excluding diaryl/α,β-unsaturated/α-hetero) is 1. The van der Waals surface area contributed by atoms with Crippen LogP contribution >= 0.6 is 11.5 Å². The number of hydrogen-bond acceptors (Lipinski definition) is 5. The third-order valence-electron chi connectivity index (χ3n) is 3.37. The summed E-state index contributed by atoms with van der Waals surface area (Å²) in [6.07, 6.45) is 1.14. The summed E-state index contributed by atoms with van der Waals surface area (Å²) in [4.78, 5) is 26.9. The van der Waals surface area contributed by atoms with Crippen molar-refractivity contribution in [3.05, 3.63) is 40.4 Å². The van der Waals surface area contributed by atoms with Gasteiger partial charge in [0.05, 0.1) is 11.4 Å². The van der Waals surface area contributed by atoms with Crippen molar-refractivity contribution in [3.63, 3.8) is 0 Å². The third-order valence-corrected chi connectivity index (χ3v) is 4.19. The van der Waals surface area contributed by atoms with Crippen LogP contribution in [-0.4, -0.2) is 27.8 Å². The topological polar surface area (TPSA) is 63.2 Å². The lowest BCUT2D eigenvalue weighted by Gasteiger charge is -2.21. The molecule has 3 rings (SSSR count). The van der Waals surface area contributed by atoms with Gasteiger partial charge in [0.2, 0.25) is 0 Å². The largest absolute Gasteiger partial charge is 0.307 e. The molecule has 20 heavy (non-hydrogen) atoms. The van der Waals surface area contributed by atoms with E-state index in [1.165, 1.54) is 0 Å². The van der Waals surface area contributed by atoms with E-state index in [0.717, 1.165) is 11.5 Å². The minimum atomic E-state index is -0.125. The molecule has 1 aliphatic heterocycles. The number of carbonyl (C=O) groups is 2. The normalized spacial score (nSPS) is 14.8. The Morgan fingerprint density at radius 3 is 2.90 bits per heavy atom. The Labute approximate surface area is 120 Å². The number of anilines is 1. The highest BCUT2D eigenvalue weighted by molar-refractivity contribution is 7.08. The van der Waals surface area contributed by atoms with Gasteiger partial charge in [-0.2, -0.15) is 0 Å². The van der Waals surface area contributed by atoms with E-state index >= 15 is 0 Å². The zero-order valence-electron chi connectivity index (χ0n) is 11.0. The maximum absolute atomic E-state index is 12.6. The SMILES string of the molecule is Cc1nnsc1C(=O)N1CCCC(=O)c2ccccc21. The first kappa shape index (κ1) is 12.9. The second kappa shape index (κ2) is 5.13. The predicted molar refractivity (Wildman–Crippen MR) is 76.3 cm³/mol. The molecule has 0 radical (unpaired) electrons. The molecule has 1 aromatic carbocycles. The first-order valence-corrected chi connectivity index (χ1v) is 7.19. The minimum Gasteiger partial charge on any atom is -0.307 e. The van der Waals surface area contributed by atoms with Gasteiger partial charge in [0.1, 0.15) is 4.88 Å². The Kier molecular flexibility index (Phi) is 3.31. The van der Waals surface area contributed by atoms with E-state index in [1.54, 1.807) is 17.9 Å². The lowest BCUT2D eigenvalue weighted by atomic mass is 10.1. The van der Waals surface area contributed by atoms with E-state index < -0.39 is 0 Å². The number of ketones is 1. The van der Waals surface area contributed by atoms with Gasteiger partial charge in [-0.05, 0) is 37.0 Å². The number of fused-ring (bicyclic) bond motifs is 1. The highest BCUT2D eigenvalue weighted by atomic mass is 32.1. The number of hydrogen-bond donors (Lipinski definition) is 0. The van der Waals surface area contributed by atoms with Gasteiger partial charge in [-0.15, -0.1) is 5.10 Å². The highest BCUT2D eigenvalue weighted by Crippen LogP contribution is 2.28. The molecule has 0 spiro atoms. The van der Waals surface area contributed by atoms with Crippen LogP contribution in [-0.2, 0) is 0 Å². The fraction of sp³-hybridized carbons (Fsp3) is 0.286. The van der Waals surface area contributed by atoms with E-state index in [0.29, 0.717) is 41.2 Å². The monoisotopic (exact) mass is 287 g/mol. The molecule has 0 bridgehead atoms. The number of aromatic nitrogens is 2. The van der Waals surface area contributed by atoms with Crippen LogP contribution in [0.25, 0.3) is 0 Å². The number of nitrogens with zero attached hydrogens (tertiary/aromatic N) is 3. The summed E-state index contributed by atoms with van der Waals surface area (Å²) in [5.74, 6) is -0.0327. The molecular weight excluding hydrogens is 274 g/mol. The van der Waals surface area contributed by atoms with Crippen LogP contribution in [0.2, 0.25) is 0 Å². The smallest absolute Gasteiger partial charge is 0.271 e. The molecule has 5 nitrogen and oxygen atoms in total. The zero-order valence-corrected chi connectivity index (χ0v) is 11.8. The summed E-state index contributed by atoms with van der Waals surface area (Å²) in [6.45, 7) is 2.31. The van der Waals surface area contributed by atoms with Gasteiger partial charge in [0, 0.05) is 18.5 Å². The summed E-state index contributed by atoms with van der Waals surface area (Å²) < 4.78 is 3.81. The van der Waals surface area contributed by atoms with E-state index in [4.69, 9.17) is 0 Å². The fourth-order valence-electron chi connectivity index (χ4n) is 2.36. The van der Waals surface area contributed by atoms with Crippen LogP contribution in [0.3, 0.4) is 0 Å². The van der Waals surface area contributed by atoms with Crippen LogP contribution < -0.4 is 4.90 Å². The molecule has 6 heteroatoms. The van der Waals surface area contributed by atoms with Crippen molar-refractivity contribution in [2.45, 2.75) is 19.8 Å². The van der Waals surface area contributed by atoms with Crippen LogP contribution in [0.5, 0.6) is 0 Å². The molecular formula is C14H13N3O2S. The van der Waals surface area contributed by atoms with Gasteiger partial charge in [-0.1, -0.05) is 16.6 Å². The highest BCUT2D eigenvalue weighted by Gasteiger charge is 2.27. The third kappa shape index (κ3) is 2.12. The standard InChI is InChI=1S/C14H13N3O2S/c1-9-13(20-16-15-9)14(19)17-8-4-7-12(18)10-5-2-3-6-11(10)17/h2-3,5-6H,4,7-8H2,1H3. The summed E-state index contributed by atoms with van der Waals surface area (Å²) >= 11 is 1.10. The van der Waals surface area contributed by atoms with Crippen molar-refractivity contribution in [1.29, 1.82) is 0 Å². The van der Waals surface area contributed by atoms with E-state index in [1.807, 2.05) is 18.2 Å². The number of amides is 1. The molecule has 0 aliphatic carbocycles. The molecule has 1 aromatic heterocycles. The van der Waals surface area contributed by atoms with Gasteiger partial charge < -0.3 is 4.90 Å². The van der Waals surface area contributed by atoms with Gasteiger partial charge in [0.25, 0.3) is 5.91 Å². The molecule has 0 atom stereocenters. The molecule has 0 N–H and O–H groups in total. The average Bonchev–Trinajstić information content (AvgIpc) is 2.81. The van der Waals surface area contributed by atoms with E-state index in [-0.39, 0.29) is 11.7 Å². The minimum absolute atomic E-state index is 0.0926. The van der Waals surface area contributed by atoms with Crippen LogP contribution in [0.15, 0.2) is 24.3 Å². The quantitative estimate of drug-likeness (QED) is 0.808. The molecule has 0 saturated carbocycles. The van der Waals surface area contributed by atoms with Crippen molar-refractivity contribution in [1.82, 2.24) is 9.59 Å². The fourth-order valence-corrected chi connectivity index (χ4v) is 2.97. The van der Waals surface area contributed by atoms with Crippen molar-refractivity contribution < 1.29 is 9.59 Å². The molecule has 2 heterocycles. The van der Waals surface area contributed by atoms with Gasteiger partial charge in [-0.25, -0.2) is 0 Å². The van der Waals surface area contributed by atoms with Crippen molar-refractivity contribution in [2.75, 3.05) is 11.4 Å². The lowest BCUT2D eigenvalue weighted by Crippen LogP contribution is -2.31. The summed E-state index contributed by atoms with van der Waals surface area (Å²) in [6, 6.07) is 7.26. The second-order valence-corrected chi connectivity index (χ2v) is 5.44. The predicted octanol–water partition coefficient (Wildman–Crippen LogP) is 2.47. The Balaban J connectivity index is 2.06. The Morgan fingerprint density at radius 2 is 2.15 bits per heavy atom. The van der Waals surface area contributed by atoms with E-state index in [9.17, 15) is 9.59 Å². The Morgan fingerprint density at radius 1 is 1.35 bits per heavy atom. The van der Waals surface area contributed by atoms with Crippen molar-refractivity contribution >= 4 is 28.9 Å². The van der Waals surface area contributed by atoms with Crippen molar-refractivity contribution in [2.24, 2.45) is 0 Å². The number of rotatable bonds is 1. The lowest BCUT2D eigenvalue weighted by molar-refractivity contribution is 0.0975. The number of para-hydroxylation sites is 1. The molecule has 0 unspecified atom stereocenters. The first-order valence-electron chi connectivity index (χ1n) is 6.41. The Hall–Kier alpha value is -2.08. The van der Waals surface area contributed by atoms with Gasteiger partial charge >= 0.3 is 0 Å². The summed E-state index contributed by atoms with van der Waals surface area (Å²) in [5, 5.41) is 3.88. The average molecular weight is 287 g/mol. The second-order valence-electron chi connectivity index (χ2n) is 4.69. The Bertz CT molecular complexity index is 681. The van der Waals surface area contributed by atoms with Crippen LogP contribution in [0.1, 0.15) is 38.6 Å². The van der Waals surface area contributed by atoms with Crippen molar-refractivity contribution in [3.8, 4) is 0 Å². The van der Waals surface area contributed by atoms with Gasteiger partial charge in [0.15, 0.2) is 5.78 Å². The molecule has 0 fully saturated rings. The maximum atomic E-state index is 12.6. The molecule has 1 aliphatic rings. The van der Waals surface area contributed by atoms with Crippen LogP contribution in [0.4, 0.5) is 5.69 Å². The molecule has 0 saturated heterocycles. The first-order chi connectivity index (χ1) is 9.68. The molecule has 102 valence electrons. The number of carbonyl (C=O) groups excluding carboxylic acids is 2. The number of benzene rings is 1. The van der Waals surface area contributed by atoms with E-state index in [2.05, 4.69) is 9.59 Å². The summed E-state index contributed by atoms with van der Waals surface area (Å²) in [7, 11) is 0. The van der Waals surface area contributed by atoms with Gasteiger partial charge in [-0.3, -0.25) is 9.59 Å². The zero-order chi connectivity index (χ0) is 14.1. The van der Waals surface area contributed by atoms with Crippen LogP contribution in [0, 0.1) is 6.92 Å². The number of aryl methyl sites for hydroxylation is 1. The maximum Gasteiger partial charge on any atom is 0.271 e.